The number of benzene rings is 8. The van der Waals surface area contributed by atoms with Crippen LogP contribution in [0.25, 0.3) is 111 Å². The number of furan rings is 2. The maximum atomic E-state index is 6.58. The summed E-state index contributed by atoms with van der Waals surface area (Å²) in [5.74, 6) is 1.76. The Morgan fingerprint density at radius 3 is 1.71 bits per heavy atom. The molecule has 3 aromatic heterocycles. The van der Waals surface area contributed by atoms with Gasteiger partial charge in [-0.05, 0) is 69.8 Å². The molecule has 0 amide bonds. The second-order valence-electron chi connectivity index (χ2n) is 13.2. The molecule has 0 radical (unpaired) electrons. The monoisotopic (exact) mass is 665 g/mol. The van der Waals surface area contributed by atoms with Gasteiger partial charge in [0.1, 0.15) is 22.3 Å². The van der Waals surface area contributed by atoms with Crippen LogP contribution in [-0.4, -0.2) is 15.0 Å². The van der Waals surface area contributed by atoms with Crippen molar-refractivity contribution in [2.24, 2.45) is 0 Å². The van der Waals surface area contributed by atoms with Gasteiger partial charge in [0.2, 0.25) is 0 Å². The summed E-state index contributed by atoms with van der Waals surface area (Å²) in [4.78, 5) is 15.6. The van der Waals surface area contributed by atoms with E-state index in [4.69, 9.17) is 23.8 Å². The first kappa shape index (κ1) is 28.7. The van der Waals surface area contributed by atoms with Crippen LogP contribution in [0, 0.1) is 0 Å². The first-order chi connectivity index (χ1) is 25.7. The van der Waals surface area contributed by atoms with E-state index >= 15 is 0 Å². The lowest BCUT2D eigenvalue weighted by atomic mass is 9.95. The molecule has 0 N–H and O–H groups in total. The number of fused-ring (bicyclic) bond motifs is 9. The standard InChI is InChI=1S/C47H27N3O2/c1-2-10-28(11-3-1)31-20-22-34-38(25-31)44-39(36-15-7-9-17-42(36)52-44)27-40(34)47-49-45(32-19-18-29-12-4-5-13-30(29)24-32)48-46(50-47)33-21-23-37-35-14-6-8-16-41(35)51-43(37)26-33/h1-27H. The number of rotatable bonds is 4. The average molecular weight is 666 g/mol. The van der Waals surface area contributed by atoms with E-state index in [1.807, 2.05) is 42.5 Å². The lowest BCUT2D eigenvalue weighted by Crippen LogP contribution is -2.01. The van der Waals surface area contributed by atoms with Crippen molar-refractivity contribution in [3.05, 3.63) is 164 Å². The third-order valence-corrected chi connectivity index (χ3v) is 10.1. The number of para-hydroxylation sites is 2. The molecule has 0 aliphatic carbocycles. The zero-order chi connectivity index (χ0) is 34.2. The summed E-state index contributed by atoms with van der Waals surface area (Å²) in [6.45, 7) is 0. The normalized spacial score (nSPS) is 11.8. The Bertz CT molecular complexity index is 3190. The highest BCUT2D eigenvalue weighted by Gasteiger charge is 2.20. The molecule has 11 aromatic rings. The molecule has 0 aliphatic rings. The average Bonchev–Trinajstić information content (AvgIpc) is 3.78. The maximum absolute atomic E-state index is 6.58. The highest BCUT2D eigenvalue weighted by molar-refractivity contribution is 6.19. The topological polar surface area (TPSA) is 65.0 Å². The van der Waals surface area contributed by atoms with E-state index in [0.717, 1.165) is 93.2 Å². The van der Waals surface area contributed by atoms with Crippen LogP contribution in [0.1, 0.15) is 0 Å². The molecule has 0 atom stereocenters. The fourth-order valence-electron chi connectivity index (χ4n) is 7.54. The first-order valence-corrected chi connectivity index (χ1v) is 17.3. The van der Waals surface area contributed by atoms with Crippen LogP contribution in [0.5, 0.6) is 0 Å². The SMILES string of the molecule is c1ccc(-c2ccc3c(-c4nc(-c5ccc6ccccc6c5)nc(-c5ccc6c(c5)oc5ccccc56)n4)cc4c5ccccc5oc4c3c2)cc1. The molecule has 0 bridgehead atoms. The van der Waals surface area contributed by atoms with E-state index in [0.29, 0.717) is 17.5 Å². The van der Waals surface area contributed by atoms with Gasteiger partial charge in [0.25, 0.3) is 0 Å². The van der Waals surface area contributed by atoms with Crippen LogP contribution < -0.4 is 0 Å². The predicted molar refractivity (Wildman–Crippen MR) is 211 cm³/mol. The Kier molecular flexibility index (Phi) is 6.18. The van der Waals surface area contributed by atoms with Crippen molar-refractivity contribution in [2.75, 3.05) is 0 Å². The summed E-state index contributed by atoms with van der Waals surface area (Å²) in [6, 6.07) is 56.4. The van der Waals surface area contributed by atoms with Crippen LogP contribution in [-0.2, 0) is 0 Å². The summed E-state index contributed by atoms with van der Waals surface area (Å²) >= 11 is 0. The molecule has 0 spiro atoms. The molecule has 5 nitrogen and oxygen atoms in total. The summed E-state index contributed by atoms with van der Waals surface area (Å²) in [5, 5.41) is 8.49. The Morgan fingerprint density at radius 1 is 0.308 bits per heavy atom. The second kappa shape index (κ2) is 11.2. The van der Waals surface area contributed by atoms with Gasteiger partial charge < -0.3 is 8.83 Å². The molecular formula is C47H27N3O2. The van der Waals surface area contributed by atoms with E-state index in [1.54, 1.807) is 0 Å². The fourth-order valence-corrected chi connectivity index (χ4v) is 7.54. The molecule has 0 aliphatic heterocycles. The van der Waals surface area contributed by atoms with E-state index in [9.17, 15) is 0 Å². The van der Waals surface area contributed by atoms with E-state index in [1.165, 1.54) is 0 Å². The predicted octanol–water partition coefficient (Wildman–Crippen LogP) is 12.6. The van der Waals surface area contributed by atoms with Gasteiger partial charge in [-0.15, -0.1) is 0 Å². The van der Waals surface area contributed by atoms with Crippen LogP contribution in [0.2, 0.25) is 0 Å². The van der Waals surface area contributed by atoms with E-state index in [2.05, 4.69) is 121 Å². The van der Waals surface area contributed by atoms with Crippen LogP contribution in [0.15, 0.2) is 173 Å². The molecule has 0 unspecified atom stereocenters. The summed E-state index contributed by atoms with van der Waals surface area (Å²) in [5.41, 5.74) is 8.25. The van der Waals surface area contributed by atoms with Gasteiger partial charge in [-0.2, -0.15) is 0 Å². The summed E-state index contributed by atoms with van der Waals surface area (Å²) < 4.78 is 12.9. The largest absolute Gasteiger partial charge is 0.456 e. The Morgan fingerprint density at radius 2 is 0.885 bits per heavy atom. The zero-order valence-corrected chi connectivity index (χ0v) is 27.7. The third-order valence-electron chi connectivity index (χ3n) is 10.1. The molecule has 0 saturated heterocycles. The molecule has 242 valence electrons. The minimum atomic E-state index is 0.571. The van der Waals surface area contributed by atoms with Crippen molar-refractivity contribution in [1.82, 2.24) is 15.0 Å². The Hall–Kier alpha value is -7.11. The van der Waals surface area contributed by atoms with Gasteiger partial charge in [-0.25, -0.2) is 15.0 Å². The minimum Gasteiger partial charge on any atom is -0.456 e. The second-order valence-corrected chi connectivity index (χ2v) is 13.2. The van der Waals surface area contributed by atoms with Crippen molar-refractivity contribution in [3.63, 3.8) is 0 Å². The van der Waals surface area contributed by atoms with Gasteiger partial charge >= 0.3 is 0 Å². The number of nitrogens with zero attached hydrogens (tertiary/aromatic N) is 3. The number of aromatic nitrogens is 3. The fraction of sp³-hybridized carbons (Fsp3) is 0. The first-order valence-electron chi connectivity index (χ1n) is 17.3. The lowest BCUT2D eigenvalue weighted by molar-refractivity contribution is 0.669. The van der Waals surface area contributed by atoms with Crippen LogP contribution in [0.3, 0.4) is 0 Å². The number of hydrogen-bond acceptors (Lipinski definition) is 5. The zero-order valence-electron chi connectivity index (χ0n) is 27.7. The Balaban J connectivity index is 1.19. The van der Waals surface area contributed by atoms with Crippen molar-refractivity contribution >= 4 is 65.4 Å². The molecule has 52 heavy (non-hydrogen) atoms. The molecule has 11 rings (SSSR count). The van der Waals surface area contributed by atoms with E-state index in [-0.39, 0.29) is 0 Å². The quantitative estimate of drug-likeness (QED) is 0.187. The van der Waals surface area contributed by atoms with Gasteiger partial charge in [0.05, 0.1) is 0 Å². The molecule has 5 heteroatoms. The van der Waals surface area contributed by atoms with Crippen molar-refractivity contribution < 1.29 is 8.83 Å². The van der Waals surface area contributed by atoms with E-state index < -0.39 is 0 Å². The van der Waals surface area contributed by atoms with Crippen LogP contribution >= 0.6 is 0 Å². The smallest absolute Gasteiger partial charge is 0.164 e. The van der Waals surface area contributed by atoms with Crippen molar-refractivity contribution in [2.45, 2.75) is 0 Å². The summed E-state index contributed by atoms with van der Waals surface area (Å²) in [7, 11) is 0. The molecule has 0 fully saturated rings. The van der Waals surface area contributed by atoms with Gasteiger partial charge in [0, 0.05) is 43.6 Å². The van der Waals surface area contributed by atoms with Crippen molar-refractivity contribution in [3.8, 4) is 45.3 Å². The number of hydrogen-bond donors (Lipinski definition) is 0. The third kappa shape index (κ3) is 4.53. The molecule has 3 heterocycles. The van der Waals surface area contributed by atoms with Gasteiger partial charge in [-0.3, -0.25) is 0 Å². The molecule has 0 saturated carbocycles. The highest BCUT2D eigenvalue weighted by atomic mass is 16.3. The van der Waals surface area contributed by atoms with Crippen LogP contribution in [0.4, 0.5) is 0 Å². The van der Waals surface area contributed by atoms with Crippen molar-refractivity contribution in [1.29, 1.82) is 0 Å². The molecule has 8 aromatic carbocycles. The lowest BCUT2D eigenvalue weighted by Gasteiger charge is -2.12. The highest BCUT2D eigenvalue weighted by Crippen LogP contribution is 2.41. The Labute approximate surface area is 297 Å². The van der Waals surface area contributed by atoms with Gasteiger partial charge in [-0.1, -0.05) is 121 Å². The minimum absolute atomic E-state index is 0.571. The van der Waals surface area contributed by atoms with Gasteiger partial charge in [0.15, 0.2) is 17.5 Å². The maximum Gasteiger partial charge on any atom is 0.164 e. The summed E-state index contributed by atoms with van der Waals surface area (Å²) in [6.07, 6.45) is 0. The molecular weight excluding hydrogens is 639 g/mol.